The van der Waals surface area contributed by atoms with Gasteiger partial charge >= 0.3 is 0 Å². The first-order valence-corrected chi connectivity index (χ1v) is 10.4. The van der Waals surface area contributed by atoms with Crippen LogP contribution in [0.2, 0.25) is 0 Å². The third-order valence-corrected chi connectivity index (χ3v) is 5.66. The number of pyridine rings is 1. The second-order valence-corrected chi connectivity index (χ2v) is 7.78. The smallest absolute Gasteiger partial charge is 0.257 e. The third-order valence-electron chi connectivity index (χ3n) is 5.66. The number of likely N-dealkylation sites (tertiary alicyclic amines) is 1. The predicted octanol–water partition coefficient (Wildman–Crippen LogP) is 2.66. The van der Waals surface area contributed by atoms with Gasteiger partial charge in [0, 0.05) is 37.8 Å². The van der Waals surface area contributed by atoms with Gasteiger partial charge in [-0.25, -0.2) is 0 Å². The number of nitrogens with one attached hydrogen (secondary N) is 1. The first-order valence-electron chi connectivity index (χ1n) is 10.4. The Morgan fingerprint density at radius 3 is 2.42 bits per heavy atom. The van der Waals surface area contributed by atoms with Gasteiger partial charge < -0.3 is 19.2 Å². The molecule has 1 aliphatic heterocycles. The van der Waals surface area contributed by atoms with Crippen molar-refractivity contribution in [3.63, 3.8) is 0 Å². The van der Waals surface area contributed by atoms with Gasteiger partial charge in [-0.15, -0.1) is 0 Å². The van der Waals surface area contributed by atoms with Crippen LogP contribution >= 0.6 is 0 Å². The topological polar surface area (TPSA) is 84.5 Å². The summed E-state index contributed by atoms with van der Waals surface area (Å²) in [4.78, 5) is 38.5. The molecule has 2 aromatic heterocycles. The van der Waals surface area contributed by atoms with Crippen LogP contribution in [0.1, 0.15) is 34.3 Å². The monoisotopic (exact) mass is 419 g/mol. The van der Waals surface area contributed by atoms with E-state index in [2.05, 4.69) is 5.32 Å². The summed E-state index contributed by atoms with van der Waals surface area (Å²) < 4.78 is 6.63. The molecule has 3 heterocycles. The van der Waals surface area contributed by atoms with Gasteiger partial charge in [0.2, 0.25) is 5.91 Å². The van der Waals surface area contributed by atoms with Crippen LogP contribution in [0.4, 0.5) is 0 Å². The van der Waals surface area contributed by atoms with Crippen molar-refractivity contribution in [1.29, 1.82) is 0 Å². The number of piperidine rings is 1. The summed E-state index contributed by atoms with van der Waals surface area (Å²) in [6, 6.07) is 14.6. The normalized spacial score (nSPS) is 14.4. The molecule has 0 spiro atoms. The molecular formula is C24H25N3O4. The lowest BCUT2D eigenvalue weighted by molar-refractivity contribution is -0.126. The molecule has 3 aromatic rings. The highest BCUT2D eigenvalue weighted by Crippen LogP contribution is 2.19. The van der Waals surface area contributed by atoms with E-state index in [-0.39, 0.29) is 23.3 Å². The number of hydrogen-bond acceptors (Lipinski definition) is 4. The Balaban J connectivity index is 1.24. The van der Waals surface area contributed by atoms with Crippen LogP contribution in [0.25, 0.3) is 0 Å². The van der Waals surface area contributed by atoms with E-state index in [1.54, 1.807) is 33.9 Å². The maximum absolute atomic E-state index is 12.6. The Bertz CT molecular complexity index is 1080. The molecule has 160 valence electrons. The van der Waals surface area contributed by atoms with E-state index in [0.717, 1.165) is 11.1 Å². The molecule has 0 radical (unpaired) electrons. The average Bonchev–Trinajstić information content (AvgIpc) is 3.34. The van der Waals surface area contributed by atoms with Crippen LogP contribution in [-0.2, 0) is 17.9 Å². The van der Waals surface area contributed by atoms with E-state index in [4.69, 9.17) is 4.42 Å². The summed E-state index contributed by atoms with van der Waals surface area (Å²) in [5.74, 6) is -0.113. The summed E-state index contributed by atoms with van der Waals surface area (Å²) >= 11 is 0. The number of benzene rings is 1. The molecule has 1 aliphatic rings. The zero-order valence-corrected chi connectivity index (χ0v) is 17.2. The van der Waals surface area contributed by atoms with Gasteiger partial charge in [-0.3, -0.25) is 14.4 Å². The average molecular weight is 419 g/mol. The molecule has 1 N–H and O–H groups in total. The van der Waals surface area contributed by atoms with Crippen molar-refractivity contribution in [2.24, 2.45) is 5.92 Å². The Kier molecular flexibility index (Phi) is 6.31. The van der Waals surface area contributed by atoms with Gasteiger partial charge in [-0.05, 0) is 36.1 Å². The lowest BCUT2D eigenvalue weighted by Gasteiger charge is -2.31. The van der Waals surface area contributed by atoms with Crippen LogP contribution in [-0.4, -0.2) is 34.4 Å². The van der Waals surface area contributed by atoms with Gasteiger partial charge in [0.1, 0.15) is 6.26 Å². The number of rotatable bonds is 6. The van der Waals surface area contributed by atoms with Crippen molar-refractivity contribution < 1.29 is 14.0 Å². The van der Waals surface area contributed by atoms with E-state index >= 15 is 0 Å². The molecule has 1 saturated heterocycles. The van der Waals surface area contributed by atoms with Crippen molar-refractivity contribution in [2.45, 2.75) is 25.9 Å². The molecule has 0 unspecified atom stereocenters. The van der Waals surface area contributed by atoms with Crippen LogP contribution in [0, 0.1) is 5.92 Å². The molecule has 0 saturated carbocycles. The summed E-state index contributed by atoms with van der Waals surface area (Å²) in [6.07, 6.45) is 6.01. The molecule has 0 aliphatic carbocycles. The minimum Gasteiger partial charge on any atom is -0.472 e. The number of nitrogens with zero attached hydrogens (tertiary/aromatic N) is 2. The van der Waals surface area contributed by atoms with Gasteiger partial charge in [0.05, 0.1) is 18.4 Å². The fourth-order valence-electron chi connectivity index (χ4n) is 3.80. The van der Waals surface area contributed by atoms with Crippen molar-refractivity contribution in [2.75, 3.05) is 13.1 Å². The zero-order chi connectivity index (χ0) is 21.6. The highest BCUT2D eigenvalue weighted by atomic mass is 16.3. The van der Waals surface area contributed by atoms with E-state index in [0.29, 0.717) is 44.6 Å². The molecular weight excluding hydrogens is 394 g/mol. The van der Waals surface area contributed by atoms with E-state index in [9.17, 15) is 14.4 Å². The van der Waals surface area contributed by atoms with Crippen molar-refractivity contribution >= 4 is 11.8 Å². The number of furan rings is 1. The van der Waals surface area contributed by atoms with E-state index in [1.807, 2.05) is 30.3 Å². The van der Waals surface area contributed by atoms with Gasteiger partial charge in [0.25, 0.3) is 11.5 Å². The Morgan fingerprint density at radius 1 is 1.00 bits per heavy atom. The number of hydrogen-bond donors (Lipinski definition) is 1. The van der Waals surface area contributed by atoms with Crippen LogP contribution in [0.15, 0.2) is 76.5 Å². The lowest BCUT2D eigenvalue weighted by Crippen LogP contribution is -2.42. The van der Waals surface area contributed by atoms with E-state index in [1.165, 1.54) is 12.5 Å². The first kappa shape index (κ1) is 20.7. The largest absolute Gasteiger partial charge is 0.472 e. The second kappa shape index (κ2) is 9.47. The minimum absolute atomic E-state index is 0.0234. The van der Waals surface area contributed by atoms with E-state index < -0.39 is 0 Å². The molecule has 2 amide bonds. The molecule has 31 heavy (non-hydrogen) atoms. The zero-order valence-electron chi connectivity index (χ0n) is 17.2. The third kappa shape index (κ3) is 5.12. The van der Waals surface area contributed by atoms with Gasteiger partial charge in [-0.2, -0.15) is 0 Å². The summed E-state index contributed by atoms with van der Waals surface area (Å²) in [7, 11) is 0. The Hall–Kier alpha value is -3.61. The number of carbonyl (C=O) groups is 2. The van der Waals surface area contributed by atoms with Crippen molar-refractivity contribution in [1.82, 2.24) is 14.8 Å². The van der Waals surface area contributed by atoms with Crippen molar-refractivity contribution in [3.8, 4) is 0 Å². The quantitative estimate of drug-likeness (QED) is 0.666. The Labute approximate surface area is 180 Å². The molecule has 1 aromatic carbocycles. The summed E-state index contributed by atoms with van der Waals surface area (Å²) in [5, 5.41) is 3.01. The number of amides is 2. The molecule has 1 fully saturated rings. The molecule has 7 nitrogen and oxygen atoms in total. The maximum Gasteiger partial charge on any atom is 0.257 e. The highest BCUT2D eigenvalue weighted by molar-refractivity contribution is 5.94. The van der Waals surface area contributed by atoms with Gasteiger partial charge in [-0.1, -0.05) is 30.3 Å². The first-order chi connectivity index (χ1) is 15.1. The van der Waals surface area contributed by atoms with Gasteiger partial charge in [0.15, 0.2) is 0 Å². The summed E-state index contributed by atoms with van der Waals surface area (Å²) in [6.45, 7) is 2.10. The standard InChI is InChI=1S/C24H25N3O4/c28-22-3-1-2-11-27(22)16-19-6-4-18(5-7-19)15-25-23(29)20-8-12-26(13-9-20)24(30)21-10-14-31-17-21/h1-7,10-11,14,17,20H,8-9,12-13,15-16H2,(H,25,29). The van der Waals surface area contributed by atoms with Crippen LogP contribution in [0.3, 0.4) is 0 Å². The fraction of sp³-hybridized carbons (Fsp3) is 0.292. The molecule has 4 rings (SSSR count). The lowest BCUT2D eigenvalue weighted by atomic mass is 9.95. The van der Waals surface area contributed by atoms with Crippen LogP contribution in [0.5, 0.6) is 0 Å². The SMILES string of the molecule is O=C(NCc1ccc(Cn2ccccc2=O)cc1)C1CCN(C(=O)c2ccoc2)CC1. The second-order valence-electron chi connectivity index (χ2n) is 7.78. The maximum atomic E-state index is 12.6. The summed E-state index contributed by atoms with van der Waals surface area (Å²) in [5.41, 5.74) is 2.54. The molecule has 0 atom stereocenters. The highest BCUT2D eigenvalue weighted by Gasteiger charge is 2.28. The van der Waals surface area contributed by atoms with Crippen LogP contribution < -0.4 is 10.9 Å². The fourth-order valence-corrected chi connectivity index (χ4v) is 3.80. The minimum atomic E-state index is -0.0855. The molecule has 7 heteroatoms. The molecule has 0 bridgehead atoms. The Morgan fingerprint density at radius 2 is 1.74 bits per heavy atom. The van der Waals surface area contributed by atoms with Crippen molar-refractivity contribution in [3.05, 3.63) is 94.3 Å². The number of aromatic nitrogens is 1. The predicted molar refractivity (Wildman–Crippen MR) is 115 cm³/mol. The number of carbonyl (C=O) groups excluding carboxylic acids is 2.